The van der Waals surface area contributed by atoms with Crippen LogP contribution in [-0.4, -0.2) is 42.2 Å². The molecular formula is C28H24I2N2O6S. The predicted molar refractivity (Wildman–Crippen MR) is 168 cm³/mol. The Labute approximate surface area is 257 Å². The van der Waals surface area contributed by atoms with E-state index in [2.05, 4.69) is 50.5 Å². The van der Waals surface area contributed by atoms with Gasteiger partial charge in [0.15, 0.2) is 11.5 Å². The lowest BCUT2D eigenvalue weighted by molar-refractivity contribution is -0.127. The monoisotopic (exact) mass is 770 g/mol. The zero-order valence-electron chi connectivity index (χ0n) is 21.0. The molecule has 0 aromatic heterocycles. The van der Waals surface area contributed by atoms with Crippen molar-refractivity contribution in [2.24, 2.45) is 0 Å². The van der Waals surface area contributed by atoms with E-state index in [1.54, 1.807) is 43.5 Å². The number of methoxy groups -OCH3 is 1. The van der Waals surface area contributed by atoms with E-state index in [4.69, 9.17) is 14.2 Å². The number of thioether (sulfide) groups is 1. The molecule has 1 N–H and O–H groups in total. The topological polar surface area (TPSA) is 94.2 Å². The van der Waals surface area contributed by atoms with Gasteiger partial charge in [-0.25, -0.2) is 0 Å². The van der Waals surface area contributed by atoms with Crippen LogP contribution >= 0.6 is 56.9 Å². The summed E-state index contributed by atoms with van der Waals surface area (Å²) in [7, 11) is 1.55. The van der Waals surface area contributed by atoms with Crippen LogP contribution in [0.3, 0.4) is 0 Å². The minimum absolute atomic E-state index is 0.225. The minimum Gasteiger partial charge on any atom is -0.497 e. The normalized spacial score (nSPS) is 14.1. The number of benzene rings is 3. The molecule has 1 fully saturated rings. The van der Waals surface area contributed by atoms with Crippen LogP contribution in [-0.2, 0) is 16.2 Å². The van der Waals surface area contributed by atoms with Crippen LogP contribution in [0.4, 0.5) is 10.5 Å². The number of anilines is 1. The number of hydrogen-bond acceptors (Lipinski definition) is 7. The molecule has 3 aromatic rings. The molecule has 0 bridgehead atoms. The SMILES string of the molecule is CCOc1cc(/C=C2/SC(=O)N(CC(=O)Nc3ccc(OC)cc3)C2=O)cc(I)c1OCc1ccc(I)cc1. The Bertz CT molecular complexity index is 1410. The average molecular weight is 770 g/mol. The maximum absolute atomic E-state index is 13.0. The van der Waals surface area contributed by atoms with Crippen LogP contribution in [0.25, 0.3) is 6.08 Å². The number of rotatable bonds is 10. The van der Waals surface area contributed by atoms with Gasteiger partial charge in [-0.3, -0.25) is 19.3 Å². The third-order valence-corrected chi connectivity index (χ3v) is 7.90. The van der Waals surface area contributed by atoms with Gasteiger partial charge in [-0.15, -0.1) is 0 Å². The van der Waals surface area contributed by atoms with Crippen molar-refractivity contribution in [1.82, 2.24) is 4.90 Å². The van der Waals surface area contributed by atoms with E-state index in [1.165, 1.54) is 0 Å². The first-order chi connectivity index (χ1) is 18.8. The van der Waals surface area contributed by atoms with Crippen molar-refractivity contribution in [2.75, 3.05) is 25.6 Å². The quantitative estimate of drug-likeness (QED) is 0.185. The van der Waals surface area contributed by atoms with Gasteiger partial charge in [0.05, 0.1) is 22.2 Å². The summed E-state index contributed by atoms with van der Waals surface area (Å²) >= 11 is 5.22. The second kappa shape index (κ2) is 13.5. The molecule has 0 saturated carbocycles. The second-order valence-electron chi connectivity index (χ2n) is 8.22. The largest absolute Gasteiger partial charge is 0.497 e. The Morgan fingerprint density at radius 2 is 1.74 bits per heavy atom. The fourth-order valence-electron chi connectivity index (χ4n) is 3.62. The fraction of sp³-hybridized carbons (Fsp3) is 0.179. The van der Waals surface area contributed by atoms with Crippen molar-refractivity contribution in [3.8, 4) is 17.2 Å². The van der Waals surface area contributed by atoms with Gasteiger partial charge in [-0.05, 0) is 130 Å². The van der Waals surface area contributed by atoms with Crippen molar-refractivity contribution in [1.29, 1.82) is 0 Å². The Balaban J connectivity index is 1.46. The Morgan fingerprint density at radius 3 is 2.41 bits per heavy atom. The number of imide groups is 1. The molecule has 3 amide bonds. The van der Waals surface area contributed by atoms with E-state index in [1.807, 2.05) is 37.3 Å². The van der Waals surface area contributed by atoms with Gasteiger partial charge >= 0.3 is 0 Å². The molecule has 0 atom stereocenters. The summed E-state index contributed by atoms with van der Waals surface area (Å²) < 4.78 is 19.0. The maximum Gasteiger partial charge on any atom is 0.294 e. The number of carbonyl (C=O) groups excluding carboxylic acids is 3. The smallest absolute Gasteiger partial charge is 0.294 e. The van der Waals surface area contributed by atoms with E-state index in [9.17, 15) is 14.4 Å². The van der Waals surface area contributed by atoms with Gasteiger partial charge in [-0.2, -0.15) is 0 Å². The highest BCUT2D eigenvalue weighted by molar-refractivity contribution is 14.1. The maximum atomic E-state index is 13.0. The van der Waals surface area contributed by atoms with Crippen LogP contribution in [0.5, 0.6) is 17.2 Å². The van der Waals surface area contributed by atoms with Crippen LogP contribution in [0.15, 0.2) is 65.6 Å². The van der Waals surface area contributed by atoms with Crippen molar-refractivity contribution in [2.45, 2.75) is 13.5 Å². The summed E-state index contributed by atoms with van der Waals surface area (Å²) in [5, 5.41) is 2.18. The van der Waals surface area contributed by atoms with Crippen LogP contribution in [0, 0.1) is 7.14 Å². The van der Waals surface area contributed by atoms with Crippen LogP contribution in [0.2, 0.25) is 0 Å². The van der Waals surface area contributed by atoms with Gasteiger partial charge in [0, 0.05) is 9.26 Å². The number of amides is 3. The molecule has 8 nitrogen and oxygen atoms in total. The molecule has 39 heavy (non-hydrogen) atoms. The first-order valence-electron chi connectivity index (χ1n) is 11.8. The lowest BCUT2D eigenvalue weighted by Gasteiger charge is -2.15. The lowest BCUT2D eigenvalue weighted by atomic mass is 10.1. The zero-order chi connectivity index (χ0) is 27.9. The summed E-state index contributed by atoms with van der Waals surface area (Å²) in [5.74, 6) is 0.793. The molecule has 11 heteroatoms. The molecule has 0 unspecified atom stereocenters. The average Bonchev–Trinajstić information content (AvgIpc) is 3.17. The number of nitrogens with zero attached hydrogens (tertiary/aromatic N) is 1. The number of hydrogen-bond donors (Lipinski definition) is 1. The molecule has 1 aliphatic rings. The molecule has 1 aliphatic heterocycles. The molecule has 1 saturated heterocycles. The second-order valence-corrected chi connectivity index (χ2v) is 11.6. The summed E-state index contributed by atoms with van der Waals surface area (Å²) in [4.78, 5) is 39.2. The Hall–Kier alpha value is -2.78. The van der Waals surface area contributed by atoms with Gasteiger partial charge in [0.25, 0.3) is 11.1 Å². The fourth-order valence-corrected chi connectivity index (χ4v) is 5.60. The first kappa shape index (κ1) is 29.2. The minimum atomic E-state index is -0.526. The van der Waals surface area contributed by atoms with E-state index in [-0.39, 0.29) is 11.4 Å². The van der Waals surface area contributed by atoms with Gasteiger partial charge in [0.2, 0.25) is 5.91 Å². The third-order valence-electron chi connectivity index (χ3n) is 5.47. The van der Waals surface area contributed by atoms with Crippen molar-refractivity contribution in [3.05, 3.63) is 83.8 Å². The molecule has 0 radical (unpaired) electrons. The lowest BCUT2D eigenvalue weighted by Crippen LogP contribution is -2.36. The highest BCUT2D eigenvalue weighted by atomic mass is 127. The highest BCUT2D eigenvalue weighted by Crippen LogP contribution is 2.38. The van der Waals surface area contributed by atoms with Crippen LogP contribution in [0.1, 0.15) is 18.1 Å². The van der Waals surface area contributed by atoms with Crippen molar-refractivity contribution < 1.29 is 28.6 Å². The third kappa shape index (κ3) is 7.66. The van der Waals surface area contributed by atoms with E-state index >= 15 is 0 Å². The predicted octanol–water partition coefficient (Wildman–Crippen LogP) is 6.56. The van der Waals surface area contributed by atoms with Crippen molar-refractivity contribution >= 4 is 85.8 Å². The summed E-state index contributed by atoms with van der Waals surface area (Å²) in [6.07, 6.45) is 1.62. The molecule has 0 aliphatic carbocycles. The zero-order valence-corrected chi connectivity index (χ0v) is 26.2. The highest BCUT2D eigenvalue weighted by Gasteiger charge is 2.36. The molecular weight excluding hydrogens is 746 g/mol. The van der Waals surface area contributed by atoms with E-state index in [0.717, 1.165) is 29.4 Å². The molecule has 0 spiro atoms. The molecule has 3 aromatic carbocycles. The van der Waals surface area contributed by atoms with Gasteiger partial charge in [-0.1, -0.05) is 12.1 Å². The molecule has 4 rings (SSSR count). The first-order valence-corrected chi connectivity index (χ1v) is 14.8. The summed E-state index contributed by atoms with van der Waals surface area (Å²) in [6, 6.07) is 18.5. The van der Waals surface area contributed by atoms with E-state index in [0.29, 0.717) is 41.7 Å². The Kier molecular flexibility index (Phi) is 10.1. The molecule has 202 valence electrons. The van der Waals surface area contributed by atoms with Gasteiger partial charge < -0.3 is 19.5 Å². The van der Waals surface area contributed by atoms with Crippen LogP contribution < -0.4 is 19.5 Å². The number of nitrogens with one attached hydrogen (secondary N) is 1. The van der Waals surface area contributed by atoms with E-state index < -0.39 is 17.1 Å². The number of carbonyl (C=O) groups is 3. The van der Waals surface area contributed by atoms with Gasteiger partial charge in [0.1, 0.15) is 18.9 Å². The standard InChI is InChI=1S/C28H24I2N2O6S/c1-3-37-23-13-18(12-22(30)26(23)38-16-17-4-6-19(29)7-5-17)14-24-27(34)32(28(35)39-24)15-25(33)31-20-8-10-21(36-2)11-9-20/h4-14H,3,15-16H2,1-2H3,(H,31,33)/b24-14+. The summed E-state index contributed by atoms with van der Waals surface area (Å²) in [6.45, 7) is 2.30. The van der Waals surface area contributed by atoms with Crippen molar-refractivity contribution in [3.63, 3.8) is 0 Å². The number of ether oxygens (including phenoxy) is 3. The number of halogens is 2. The Morgan fingerprint density at radius 1 is 1.03 bits per heavy atom. The summed E-state index contributed by atoms with van der Waals surface area (Å²) in [5.41, 5.74) is 2.24. The molecule has 1 heterocycles.